The topological polar surface area (TPSA) is 92.9 Å². The van der Waals surface area contributed by atoms with Crippen LogP contribution in [-0.2, 0) is 24.2 Å². The molecule has 2 aliphatic carbocycles. The number of anilines is 1. The van der Waals surface area contributed by atoms with E-state index in [2.05, 4.69) is 28.0 Å². The van der Waals surface area contributed by atoms with Crippen LogP contribution in [0, 0.1) is 5.92 Å². The number of aryl methyl sites for hydroxylation is 2. The van der Waals surface area contributed by atoms with Crippen LogP contribution in [0.2, 0.25) is 0 Å². The fourth-order valence-corrected chi connectivity index (χ4v) is 4.85. The van der Waals surface area contributed by atoms with Crippen molar-refractivity contribution in [3.8, 4) is 5.75 Å². The quantitative estimate of drug-likeness (QED) is 0.319. The molecule has 0 bridgehead atoms. The highest BCUT2D eigenvalue weighted by Crippen LogP contribution is 2.27. The third-order valence-electron chi connectivity index (χ3n) is 6.96. The SMILES string of the molecule is CC(=NNC(=O)c1ccc(COc2ccc3c(c2)CCC3)o1)c1ccc(NC(=O)C2CCCC2)cc1. The molecule has 0 radical (unpaired) electrons. The number of rotatable bonds is 8. The summed E-state index contributed by atoms with van der Waals surface area (Å²) in [5, 5.41) is 7.18. The van der Waals surface area contributed by atoms with Gasteiger partial charge in [-0.3, -0.25) is 9.59 Å². The van der Waals surface area contributed by atoms with E-state index >= 15 is 0 Å². The number of nitrogens with one attached hydrogen (secondary N) is 2. The minimum Gasteiger partial charge on any atom is -0.486 e. The molecule has 1 saturated carbocycles. The van der Waals surface area contributed by atoms with Crippen molar-refractivity contribution >= 4 is 23.2 Å². The molecule has 2 aromatic carbocycles. The smallest absolute Gasteiger partial charge is 0.307 e. The van der Waals surface area contributed by atoms with Crippen LogP contribution in [0.5, 0.6) is 5.75 Å². The molecule has 0 spiro atoms. The van der Waals surface area contributed by atoms with Gasteiger partial charge in [0.15, 0.2) is 5.76 Å². The van der Waals surface area contributed by atoms with Crippen LogP contribution in [0.3, 0.4) is 0 Å². The van der Waals surface area contributed by atoms with Gasteiger partial charge in [-0.2, -0.15) is 5.10 Å². The molecule has 3 aromatic rings. The number of carbonyl (C=O) groups excluding carboxylic acids is 2. The lowest BCUT2D eigenvalue weighted by atomic mass is 10.1. The first-order valence-electron chi connectivity index (χ1n) is 12.6. The normalized spacial score (nSPS) is 15.5. The molecule has 0 atom stereocenters. The lowest BCUT2D eigenvalue weighted by Gasteiger charge is -2.10. The Balaban J connectivity index is 1.12. The summed E-state index contributed by atoms with van der Waals surface area (Å²) in [6.07, 6.45) is 7.61. The Bertz CT molecular complexity index is 1270. The Hall–Kier alpha value is -3.87. The lowest BCUT2D eigenvalue weighted by molar-refractivity contribution is -0.119. The zero-order valence-corrected chi connectivity index (χ0v) is 20.5. The van der Waals surface area contributed by atoms with Gasteiger partial charge in [0.25, 0.3) is 0 Å². The first kappa shape index (κ1) is 23.9. The summed E-state index contributed by atoms with van der Waals surface area (Å²) in [6, 6.07) is 17.0. The molecule has 186 valence electrons. The first-order chi connectivity index (χ1) is 17.5. The van der Waals surface area contributed by atoms with E-state index in [4.69, 9.17) is 9.15 Å². The van der Waals surface area contributed by atoms with Gasteiger partial charge in [-0.25, -0.2) is 5.43 Å². The summed E-state index contributed by atoms with van der Waals surface area (Å²) < 4.78 is 11.5. The number of nitrogens with zero attached hydrogens (tertiary/aromatic N) is 1. The van der Waals surface area contributed by atoms with E-state index in [0.717, 1.165) is 55.5 Å². The van der Waals surface area contributed by atoms with Crippen molar-refractivity contribution in [3.05, 3.63) is 82.8 Å². The van der Waals surface area contributed by atoms with Gasteiger partial charge in [-0.1, -0.05) is 31.0 Å². The molecule has 7 nitrogen and oxygen atoms in total. The predicted octanol–water partition coefficient (Wildman–Crippen LogP) is 5.63. The maximum Gasteiger partial charge on any atom is 0.307 e. The van der Waals surface area contributed by atoms with Crippen LogP contribution in [0.1, 0.15) is 72.0 Å². The van der Waals surface area contributed by atoms with Crippen molar-refractivity contribution in [1.29, 1.82) is 0 Å². The monoisotopic (exact) mass is 485 g/mol. The average molecular weight is 486 g/mol. The molecule has 2 aliphatic rings. The molecule has 0 unspecified atom stereocenters. The van der Waals surface area contributed by atoms with Crippen molar-refractivity contribution in [3.63, 3.8) is 0 Å². The molecule has 5 rings (SSSR count). The molecule has 1 aromatic heterocycles. The lowest BCUT2D eigenvalue weighted by Crippen LogP contribution is -2.20. The Morgan fingerprint density at radius 2 is 1.75 bits per heavy atom. The Morgan fingerprint density at radius 1 is 0.972 bits per heavy atom. The van der Waals surface area contributed by atoms with Crippen molar-refractivity contribution in [2.24, 2.45) is 11.0 Å². The highest BCUT2D eigenvalue weighted by molar-refractivity contribution is 6.01. The molecule has 0 aliphatic heterocycles. The molecule has 1 fully saturated rings. The zero-order chi connectivity index (χ0) is 24.9. The number of hydrazone groups is 1. The number of hydrogen-bond donors (Lipinski definition) is 2. The summed E-state index contributed by atoms with van der Waals surface area (Å²) in [7, 11) is 0. The molecule has 2 N–H and O–H groups in total. The fraction of sp³-hybridized carbons (Fsp3) is 0.345. The second-order valence-electron chi connectivity index (χ2n) is 9.52. The van der Waals surface area contributed by atoms with Crippen LogP contribution < -0.4 is 15.5 Å². The number of ether oxygens (including phenoxy) is 1. The molecule has 1 heterocycles. The Labute approximate surface area is 210 Å². The summed E-state index contributed by atoms with van der Waals surface area (Å²) in [6.45, 7) is 2.06. The number of hydrogen-bond acceptors (Lipinski definition) is 5. The highest BCUT2D eigenvalue weighted by atomic mass is 16.5. The minimum atomic E-state index is -0.432. The van der Waals surface area contributed by atoms with Crippen molar-refractivity contribution in [2.45, 2.75) is 58.5 Å². The molecular weight excluding hydrogens is 454 g/mol. The number of amides is 2. The van der Waals surface area contributed by atoms with E-state index in [9.17, 15) is 9.59 Å². The van der Waals surface area contributed by atoms with E-state index in [1.54, 1.807) is 12.1 Å². The second kappa shape index (κ2) is 10.8. The van der Waals surface area contributed by atoms with Gasteiger partial charge in [0, 0.05) is 11.6 Å². The van der Waals surface area contributed by atoms with E-state index in [1.807, 2.05) is 37.3 Å². The summed E-state index contributed by atoms with van der Waals surface area (Å²) >= 11 is 0. The second-order valence-corrected chi connectivity index (χ2v) is 9.52. The molecular formula is C29H31N3O4. The van der Waals surface area contributed by atoms with Gasteiger partial charge in [0.1, 0.15) is 18.1 Å². The van der Waals surface area contributed by atoms with Gasteiger partial charge in [0.05, 0.1) is 5.71 Å². The van der Waals surface area contributed by atoms with Crippen LogP contribution in [0.4, 0.5) is 5.69 Å². The third kappa shape index (κ3) is 5.67. The zero-order valence-electron chi connectivity index (χ0n) is 20.5. The summed E-state index contributed by atoms with van der Waals surface area (Å²) in [5.41, 5.74) is 7.54. The van der Waals surface area contributed by atoms with Crippen LogP contribution >= 0.6 is 0 Å². The third-order valence-corrected chi connectivity index (χ3v) is 6.96. The van der Waals surface area contributed by atoms with E-state index in [1.165, 1.54) is 17.5 Å². The number of benzene rings is 2. The maximum atomic E-state index is 12.5. The summed E-state index contributed by atoms with van der Waals surface area (Å²) in [4.78, 5) is 24.8. The predicted molar refractivity (Wildman–Crippen MR) is 138 cm³/mol. The van der Waals surface area contributed by atoms with Gasteiger partial charge in [-0.05, 0) is 92.1 Å². The number of fused-ring (bicyclic) bond motifs is 1. The van der Waals surface area contributed by atoms with Gasteiger partial charge in [0.2, 0.25) is 5.91 Å². The van der Waals surface area contributed by atoms with Crippen LogP contribution in [-0.4, -0.2) is 17.5 Å². The standard InChI is InChI=1S/C29H31N3O4/c1-19(20-9-12-24(13-10-20)30-28(33)22-5-2-3-6-22)31-32-29(34)27-16-15-26(36-27)18-35-25-14-11-21-7-4-8-23(21)17-25/h9-17,22H,2-8,18H2,1H3,(H,30,33)(H,32,34). The highest BCUT2D eigenvalue weighted by Gasteiger charge is 2.22. The van der Waals surface area contributed by atoms with Crippen molar-refractivity contribution in [2.75, 3.05) is 5.32 Å². The maximum absolute atomic E-state index is 12.5. The molecule has 0 saturated heterocycles. The van der Waals surface area contributed by atoms with E-state index in [0.29, 0.717) is 11.5 Å². The minimum absolute atomic E-state index is 0.0911. The van der Waals surface area contributed by atoms with E-state index < -0.39 is 5.91 Å². The van der Waals surface area contributed by atoms with Crippen molar-refractivity contribution < 1.29 is 18.7 Å². The largest absolute Gasteiger partial charge is 0.486 e. The Morgan fingerprint density at radius 3 is 2.56 bits per heavy atom. The summed E-state index contributed by atoms with van der Waals surface area (Å²) in [5.74, 6) is 1.32. The number of furan rings is 1. The van der Waals surface area contributed by atoms with E-state index in [-0.39, 0.29) is 24.2 Å². The van der Waals surface area contributed by atoms with Crippen molar-refractivity contribution in [1.82, 2.24) is 5.43 Å². The van der Waals surface area contributed by atoms with Crippen LogP contribution in [0.15, 0.2) is 64.1 Å². The Kier molecular flexibility index (Phi) is 7.16. The molecule has 2 amide bonds. The average Bonchev–Trinajstić information content (AvgIpc) is 3.67. The first-order valence-corrected chi connectivity index (χ1v) is 12.6. The van der Waals surface area contributed by atoms with Crippen LogP contribution in [0.25, 0.3) is 0 Å². The molecule has 36 heavy (non-hydrogen) atoms. The fourth-order valence-electron chi connectivity index (χ4n) is 4.85. The number of carbonyl (C=O) groups is 2. The van der Waals surface area contributed by atoms with Gasteiger partial charge in [-0.15, -0.1) is 0 Å². The van der Waals surface area contributed by atoms with Gasteiger partial charge < -0.3 is 14.5 Å². The molecule has 7 heteroatoms. The van der Waals surface area contributed by atoms with Gasteiger partial charge >= 0.3 is 5.91 Å².